The zero-order chi connectivity index (χ0) is 13.0. The van der Waals surface area contributed by atoms with Crippen molar-refractivity contribution < 1.29 is 14.6 Å². The van der Waals surface area contributed by atoms with Crippen molar-refractivity contribution >= 4 is 21.8 Å². The number of hydrogen-bond donors (Lipinski definition) is 1. The van der Waals surface area contributed by atoms with Gasteiger partial charge in [-0.25, -0.2) is 0 Å². The molecule has 5 heteroatoms. The Hall–Kier alpha value is -0.910. The molecular formula is C13H16BrNO3. The quantitative estimate of drug-likeness (QED) is 0.852. The van der Waals surface area contributed by atoms with Gasteiger partial charge in [-0.15, -0.1) is 0 Å². The van der Waals surface area contributed by atoms with Crippen LogP contribution in [-0.4, -0.2) is 53.1 Å². The normalized spacial score (nSPS) is 23.3. The van der Waals surface area contributed by atoms with Crippen molar-refractivity contribution in [2.45, 2.75) is 10.9 Å². The molecule has 1 aromatic rings. The van der Waals surface area contributed by atoms with Crippen LogP contribution in [0, 0.1) is 0 Å². The van der Waals surface area contributed by atoms with Gasteiger partial charge in [-0.05, 0) is 12.1 Å². The van der Waals surface area contributed by atoms with Crippen molar-refractivity contribution in [2.24, 2.45) is 0 Å². The summed E-state index contributed by atoms with van der Waals surface area (Å²) < 4.78 is 5.49. The molecule has 2 atom stereocenters. The lowest BCUT2D eigenvalue weighted by molar-refractivity contribution is 0.0356. The van der Waals surface area contributed by atoms with E-state index < -0.39 is 0 Å². The highest BCUT2D eigenvalue weighted by atomic mass is 79.9. The number of aliphatic hydroxyl groups excluding tert-OH is 1. The van der Waals surface area contributed by atoms with Crippen LogP contribution in [0.4, 0.5) is 0 Å². The number of carbonyl (C=O) groups excluding carboxylic acids is 1. The zero-order valence-corrected chi connectivity index (χ0v) is 11.5. The molecule has 0 radical (unpaired) electrons. The van der Waals surface area contributed by atoms with Crippen molar-refractivity contribution in [3.63, 3.8) is 0 Å². The Bertz CT molecular complexity index is 398. The summed E-state index contributed by atoms with van der Waals surface area (Å²) in [5, 5.41) is 8.75. The second-order valence-corrected chi connectivity index (χ2v) is 5.40. The first kappa shape index (κ1) is 13.5. The number of nitrogens with zero attached hydrogens (tertiary/aromatic N) is 1. The minimum Gasteiger partial charge on any atom is -0.394 e. The summed E-state index contributed by atoms with van der Waals surface area (Å²) in [4.78, 5) is 14.1. The number of benzene rings is 1. The number of halogens is 1. The minimum atomic E-state index is -0.0511. The molecule has 1 heterocycles. The number of alkyl halides is 1. The topological polar surface area (TPSA) is 49.8 Å². The molecule has 0 saturated carbocycles. The number of carbonyl (C=O) groups is 1. The molecule has 1 saturated heterocycles. The third kappa shape index (κ3) is 3.10. The third-order valence-corrected chi connectivity index (χ3v) is 3.81. The number of rotatable bonds is 4. The van der Waals surface area contributed by atoms with Crippen molar-refractivity contribution in [3.8, 4) is 0 Å². The van der Waals surface area contributed by atoms with Crippen LogP contribution in [0.1, 0.15) is 10.4 Å². The van der Waals surface area contributed by atoms with Crippen LogP contribution < -0.4 is 0 Å². The lowest BCUT2D eigenvalue weighted by Crippen LogP contribution is -2.30. The monoisotopic (exact) mass is 313 g/mol. The molecular weight excluding hydrogens is 298 g/mol. The number of hydrogen-bond acceptors (Lipinski definition) is 3. The lowest BCUT2D eigenvalue weighted by atomic mass is 10.2. The van der Waals surface area contributed by atoms with E-state index in [1.54, 1.807) is 4.90 Å². The number of amides is 1. The molecule has 1 N–H and O–H groups in total. The molecule has 18 heavy (non-hydrogen) atoms. The van der Waals surface area contributed by atoms with Crippen LogP contribution in [0.5, 0.6) is 0 Å². The minimum absolute atomic E-state index is 0.00283. The van der Waals surface area contributed by atoms with E-state index in [1.165, 1.54) is 0 Å². The van der Waals surface area contributed by atoms with Gasteiger partial charge in [0.25, 0.3) is 5.91 Å². The zero-order valence-electron chi connectivity index (χ0n) is 9.96. The van der Waals surface area contributed by atoms with Crippen LogP contribution >= 0.6 is 15.9 Å². The van der Waals surface area contributed by atoms with E-state index in [0.29, 0.717) is 25.3 Å². The number of likely N-dealkylation sites (tertiary alicyclic amines) is 1. The van der Waals surface area contributed by atoms with Crippen LogP contribution in [-0.2, 0) is 4.74 Å². The highest BCUT2D eigenvalue weighted by molar-refractivity contribution is 9.09. The molecule has 1 amide bonds. The van der Waals surface area contributed by atoms with Gasteiger partial charge in [0, 0.05) is 18.7 Å². The predicted molar refractivity (Wildman–Crippen MR) is 71.9 cm³/mol. The van der Waals surface area contributed by atoms with Crippen LogP contribution in [0.3, 0.4) is 0 Å². The van der Waals surface area contributed by atoms with E-state index in [2.05, 4.69) is 15.9 Å². The summed E-state index contributed by atoms with van der Waals surface area (Å²) in [6.45, 7) is 1.50. The third-order valence-electron chi connectivity index (χ3n) is 2.93. The summed E-state index contributed by atoms with van der Waals surface area (Å²) in [5.74, 6) is 0.0233. The Labute approximate surface area is 115 Å². The first-order valence-electron chi connectivity index (χ1n) is 5.93. The summed E-state index contributed by atoms with van der Waals surface area (Å²) >= 11 is 3.52. The van der Waals surface area contributed by atoms with E-state index in [4.69, 9.17) is 9.84 Å². The molecule has 2 unspecified atom stereocenters. The van der Waals surface area contributed by atoms with Gasteiger partial charge < -0.3 is 14.7 Å². The van der Waals surface area contributed by atoms with Gasteiger partial charge in [0.15, 0.2) is 0 Å². The average Bonchev–Trinajstić information content (AvgIpc) is 2.78. The largest absolute Gasteiger partial charge is 0.394 e. The molecule has 0 spiro atoms. The highest BCUT2D eigenvalue weighted by Crippen LogP contribution is 2.22. The molecule has 0 bridgehead atoms. The van der Waals surface area contributed by atoms with Gasteiger partial charge >= 0.3 is 0 Å². The van der Waals surface area contributed by atoms with Gasteiger partial charge in [0.05, 0.1) is 24.1 Å². The van der Waals surface area contributed by atoms with Gasteiger partial charge in [-0.3, -0.25) is 4.79 Å². The molecule has 98 valence electrons. The van der Waals surface area contributed by atoms with Crippen molar-refractivity contribution in [1.29, 1.82) is 0 Å². The molecule has 4 nitrogen and oxygen atoms in total. The van der Waals surface area contributed by atoms with Crippen molar-refractivity contribution in [1.82, 2.24) is 4.90 Å². The maximum Gasteiger partial charge on any atom is 0.253 e. The van der Waals surface area contributed by atoms with Gasteiger partial charge in [0.1, 0.15) is 0 Å². The van der Waals surface area contributed by atoms with Gasteiger partial charge in [-0.2, -0.15) is 0 Å². The first-order chi connectivity index (χ1) is 8.72. The highest BCUT2D eigenvalue weighted by Gasteiger charge is 2.34. The SMILES string of the molecule is O=C(c1ccccc1)N1CC(Br)C(OCCO)C1. The smallest absolute Gasteiger partial charge is 0.253 e. The molecule has 1 aliphatic heterocycles. The average molecular weight is 314 g/mol. The molecule has 1 aliphatic rings. The summed E-state index contributed by atoms with van der Waals surface area (Å²) in [6.07, 6.45) is -0.0511. The predicted octanol–water partition coefficient (Wildman–Crippen LogP) is 1.28. The first-order valence-corrected chi connectivity index (χ1v) is 6.85. The molecule has 1 aromatic carbocycles. The molecule has 2 rings (SSSR count). The van der Waals surface area contributed by atoms with E-state index in [9.17, 15) is 4.79 Å². The maximum atomic E-state index is 12.2. The van der Waals surface area contributed by atoms with Crippen LogP contribution in [0.2, 0.25) is 0 Å². The molecule has 0 aromatic heterocycles. The standard InChI is InChI=1S/C13H16BrNO3/c14-11-8-15(9-12(11)18-7-6-16)13(17)10-4-2-1-3-5-10/h1-5,11-12,16H,6-9H2. The van der Waals surface area contributed by atoms with Crippen molar-refractivity contribution in [2.75, 3.05) is 26.3 Å². The summed E-state index contributed by atoms with van der Waals surface area (Å²) in [6, 6.07) is 9.23. The second-order valence-electron chi connectivity index (χ2n) is 4.23. The van der Waals surface area contributed by atoms with Crippen molar-refractivity contribution in [3.05, 3.63) is 35.9 Å². The Morgan fingerprint density at radius 2 is 2.11 bits per heavy atom. The van der Waals surface area contributed by atoms with Gasteiger partial charge in [0.2, 0.25) is 0 Å². The lowest BCUT2D eigenvalue weighted by Gasteiger charge is -2.16. The maximum absolute atomic E-state index is 12.2. The van der Waals surface area contributed by atoms with Crippen LogP contribution in [0.25, 0.3) is 0 Å². The second kappa shape index (κ2) is 6.31. The Balaban J connectivity index is 1.97. The summed E-state index contributed by atoms with van der Waals surface area (Å²) in [7, 11) is 0. The fraction of sp³-hybridized carbons (Fsp3) is 0.462. The fourth-order valence-electron chi connectivity index (χ4n) is 2.02. The fourth-order valence-corrected chi connectivity index (χ4v) is 2.69. The van der Waals surface area contributed by atoms with Gasteiger partial charge in [-0.1, -0.05) is 34.1 Å². The van der Waals surface area contributed by atoms with E-state index in [0.717, 1.165) is 0 Å². The van der Waals surface area contributed by atoms with E-state index in [-0.39, 0.29) is 23.4 Å². The molecule has 0 aliphatic carbocycles. The Kier molecular flexibility index (Phi) is 4.74. The van der Waals surface area contributed by atoms with E-state index in [1.807, 2.05) is 30.3 Å². The van der Waals surface area contributed by atoms with E-state index >= 15 is 0 Å². The van der Waals surface area contributed by atoms with Crippen LogP contribution in [0.15, 0.2) is 30.3 Å². The summed E-state index contributed by atoms with van der Waals surface area (Å²) in [5.41, 5.74) is 0.694. The number of ether oxygens (including phenoxy) is 1. The Morgan fingerprint density at radius 3 is 2.78 bits per heavy atom. The Morgan fingerprint density at radius 1 is 1.39 bits per heavy atom. The molecule has 1 fully saturated rings. The number of aliphatic hydroxyl groups is 1.